The van der Waals surface area contributed by atoms with E-state index < -0.39 is 24.4 Å². The maximum absolute atomic E-state index is 13.3. The van der Waals surface area contributed by atoms with Crippen LogP contribution in [0.3, 0.4) is 0 Å². The van der Waals surface area contributed by atoms with Crippen molar-refractivity contribution in [1.82, 2.24) is 35.7 Å². The predicted molar refractivity (Wildman–Crippen MR) is 277 cm³/mol. The summed E-state index contributed by atoms with van der Waals surface area (Å²) >= 11 is 12.5. The molecule has 2 amide bonds. The number of carboxylic acid groups (broad SMARTS) is 1. The number of aliphatic carboxylic acids is 1. The number of benzene rings is 2. The lowest BCUT2D eigenvalue weighted by molar-refractivity contribution is -0.138. The lowest BCUT2D eigenvalue weighted by Crippen LogP contribution is -2.42. The van der Waals surface area contributed by atoms with Gasteiger partial charge in [-0.15, -0.1) is 12.4 Å². The van der Waals surface area contributed by atoms with Crippen molar-refractivity contribution in [2.45, 2.75) is 102 Å². The fraction of sp³-hybridized carbons (Fsp3) is 0.509. The first kappa shape index (κ1) is 59.8. The normalized spacial score (nSPS) is 18.2. The Morgan fingerprint density at radius 2 is 1.01 bits per heavy atom. The first-order chi connectivity index (χ1) is 34.9. The van der Waals surface area contributed by atoms with E-state index in [-0.39, 0.29) is 92.8 Å². The van der Waals surface area contributed by atoms with Crippen LogP contribution in [0.1, 0.15) is 88.2 Å². The molecule has 8 rings (SSSR count). The molecule has 0 bridgehead atoms. The maximum atomic E-state index is 13.3. The minimum absolute atomic E-state index is 0. The van der Waals surface area contributed by atoms with Gasteiger partial charge in [0, 0.05) is 119 Å². The summed E-state index contributed by atoms with van der Waals surface area (Å²) in [6.45, 7) is 6.95. The summed E-state index contributed by atoms with van der Waals surface area (Å²) in [5.74, 6) is -4.14. The van der Waals surface area contributed by atoms with Crippen LogP contribution in [0.25, 0.3) is 0 Å². The standard InChI is InChI=1S/C27H32ClF2N3O3.C16H18ClN3O.C10H15F2NO3.ClH/c28-22-13-20(14-24(16-22)36-23-3-9-31-10-4-23)18-33-11-5-21(6-12-33)25(34)17-32-26(35)15-19-1-7-27(29,30)8-2-19;17-14-9-13(12-20-7-5-19-6-8-20)10-16(11-14)21-15-1-3-18-4-2-15;11-10(12)3-1-7(2-4-10)5-8(14)13-6-9(15)16;/h3-4,9-10,13-14,16,19,21H,1-2,5-8,11-12,15,17-18H2,(H,32,35);1-4,9-11,19H,5-8,12H2;7H,1-6H2,(H,13,14)(H,15,16);1H. The quantitative estimate of drug-likeness (QED) is 0.0738. The molecule has 4 fully saturated rings. The molecule has 4 N–H and O–H groups in total. The summed E-state index contributed by atoms with van der Waals surface area (Å²) in [7, 11) is 0. The number of hydrogen-bond donors (Lipinski definition) is 4. The highest BCUT2D eigenvalue weighted by molar-refractivity contribution is 6.31. The molecule has 4 aliphatic rings. The van der Waals surface area contributed by atoms with E-state index in [0.717, 1.165) is 75.7 Å². The number of Topliss-reactive ketones (excluding diaryl/α,β-unsaturated/α-hetero) is 1. The second-order valence-electron chi connectivity index (χ2n) is 19.2. The number of halogens is 7. The van der Waals surface area contributed by atoms with E-state index in [1.165, 1.54) is 5.56 Å². The lowest BCUT2D eigenvalue weighted by Gasteiger charge is -2.31. The number of carbonyl (C=O) groups excluding carboxylic acids is 3. The largest absolute Gasteiger partial charge is 0.480 e. The van der Waals surface area contributed by atoms with Crippen LogP contribution in [0.4, 0.5) is 17.6 Å². The van der Waals surface area contributed by atoms with E-state index in [4.69, 9.17) is 37.8 Å². The lowest BCUT2D eigenvalue weighted by atomic mass is 9.84. The number of piperazine rings is 1. The molecule has 2 saturated heterocycles. The number of alkyl halides is 4. The van der Waals surface area contributed by atoms with Crippen molar-refractivity contribution in [3.8, 4) is 23.0 Å². The Hall–Kier alpha value is -5.11. The van der Waals surface area contributed by atoms with Crippen LogP contribution in [-0.4, -0.2) is 113 Å². The van der Waals surface area contributed by atoms with Gasteiger partial charge in [0.05, 0.1) is 6.54 Å². The second-order valence-corrected chi connectivity index (χ2v) is 20.0. The van der Waals surface area contributed by atoms with Gasteiger partial charge in [0.25, 0.3) is 0 Å². The molecule has 2 aliphatic heterocycles. The van der Waals surface area contributed by atoms with Gasteiger partial charge in [-0.3, -0.25) is 38.9 Å². The molecule has 404 valence electrons. The summed E-state index contributed by atoms with van der Waals surface area (Å²) < 4.78 is 63.9. The van der Waals surface area contributed by atoms with Gasteiger partial charge in [0.1, 0.15) is 29.5 Å². The van der Waals surface area contributed by atoms with Crippen molar-refractivity contribution in [2.24, 2.45) is 17.8 Å². The van der Waals surface area contributed by atoms with Crippen molar-refractivity contribution in [2.75, 3.05) is 52.4 Å². The number of carboxylic acids is 1. The average Bonchev–Trinajstić information content (AvgIpc) is 3.35. The van der Waals surface area contributed by atoms with Crippen molar-refractivity contribution < 1.29 is 51.3 Å². The molecule has 2 aromatic carbocycles. The molecule has 74 heavy (non-hydrogen) atoms. The minimum atomic E-state index is -2.60. The van der Waals surface area contributed by atoms with Crippen molar-refractivity contribution in [3.63, 3.8) is 0 Å². The number of ether oxygens (including phenoxy) is 2. The van der Waals surface area contributed by atoms with Crippen LogP contribution in [0.5, 0.6) is 23.0 Å². The van der Waals surface area contributed by atoms with Gasteiger partial charge >= 0.3 is 5.97 Å². The van der Waals surface area contributed by atoms with Gasteiger partial charge in [-0.2, -0.15) is 0 Å². The number of nitrogens with zero attached hydrogens (tertiary/aromatic N) is 4. The molecule has 21 heteroatoms. The molecule has 4 aromatic rings. The maximum Gasteiger partial charge on any atom is 0.322 e. The molecule has 2 aliphatic carbocycles. The Morgan fingerprint density at radius 1 is 0.608 bits per heavy atom. The number of nitrogens with one attached hydrogen (secondary N) is 3. The fourth-order valence-corrected chi connectivity index (χ4v) is 9.70. The number of ketones is 1. The third kappa shape index (κ3) is 22.0. The molecule has 14 nitrogen and oxygen atoms in total. The summed E-state index contributed by atoms with van der Waals surface area (Å²) in [6, 6.07) is 18.8. The van der Waals surface area contributed by atoms with E-state index in [1.54, 1.807) is 43.0 Å². The first-order valence-electron chi connectivity index (χ1n) is 24.9. The Balaban J connectivity index is 0.000000226. The first-order valence-corrected chi connectivity index (χ1v) is 25.6. The Bertz CT molecular complexity index is 2380. The third-order valence-corrected chi connectivity index (χ3v) is 13.7. The Morgan fingerprint density at radius 3 is 1.43 bits per heavy atom. The zero-order valence-electron chi connectivity index (χ0n) is 41.2. The Labute approximate surface area is 446 Å². The topological polar surface area (TPSA) is 175 Å². The highest BCUT2D eigenvalue weighted by Gasteiger charge is 2.36. The highest BCUT2D eigenvalue weighted by Crippen LogP contribution is 2.38. The number of piperidine rings is 1. The highest BCUT2D eigenvalue weighted by atomic mass is 35.5. The van der Waals surface area contributed by atoms with Gasteiger partial charge in [0.2, 0.25) is 23.7 Å². The summed E-state index contributed by atoms with van der Waals surface area (Å²) in [6.07, 6.45) is 9.27. The van der Waals surface area contributed by atoms with Crippen LogP contribution >= 0.6 is 35.6 Å². The third-order valence-electron chi connectivity index (χ3n) is 13.2. The zero-order valence-corrected chi connectivity index (χ0v) is 43.6. The smallest absolute Gasteiger partial charge is 0.322 e. The van der Waals surface area contributed by atoms with Crippen molar-refractivity contribution in [3.05, 3.63) is 107 Å². The monoisotopic (exact) mass is 1090 g/mol. The van der Waals surface area contributed by atoms with Gasteiger partial charge in [-0.05, 0) is 135 Å². The van der Waals surface area contributed by atoms with Crippen LogP contribution in [0, 0.1) is 17.8 Å². The molecule has 0 spiro atoms. The van der Waals surface area contributed by atoms with Crippen LogP contribution in [0.2, 0.25) is 10.0 Å². The summed E-state index contributed by atoms with van der Waals surface area (Å²) in [5, 5.41) is 17.9. The number of aromatic nitrogens is 2. The van der Waals surface area contributed by atoms with Gasteiger partial charge < -0.3 is 30.5 Å². The van der Waals surface area contributed by atoms with Crippen molar-refractivity contribution >= 4 is 59.2 Å². The van der Waals surface area contributed by atoms with Gasteiger partial charge in [-0.25, -0.2) is 17.6 Å². The molecule has 0 radical (unpaired) electrons. The molecular weight excluding hydrogens is 1030 g/mol. The molecule has 0 unspecified atom stereocenters. The van der Waals surface area contributed by atoms with Crippen LogP contribution in [0.15, 0.2) is 85.5 Å². The predicted octanol–water partition coefficient (Wildman–Crippen LogP) is 10.4. The van der Waals surface area contributed by atoms with Gasteiger partial charge in [0.15, 0.2) is 5.78 Å². The van der Waals surface area contributed by atoms with Gasteiger partial charge in [-0.1, -0.05) is 23.2 Å². The van der Waals surface area contributed by atoms with E-state index >= 15 is 0 Å². The van der Waals surface area contributed by atoms with E-state index in [2.05, 4.69) is 35.7 Å². The molecule has 2 aromatic heterocycles. The summed E-state index contributed by atoms with van der Waals surface area (Å²) in [5.41, 5.74) is 2.21. The number of carbonyl (C=O) groups is 4. The van der Waals surface area contributed by atoms with Crippen LogP contribution < -0.4 is 25.4 Å². The van der Waals surface area contributed by atoms with Crippen molar-refractivity contribution in [1.29, 1.82) is 0 Å². The number of hydrogen-bond acceptors (Lipinski definition) is 11. The average molecular weight is 1100 g/mol. The molecular formula is C53H66Cl3F4N7O7. The van der Waals surface area contributed by atoms with E-state index in [9.17, 15) is 36.7 Å². The number of rotatable bonds is 17. The van der Waals surface area contributed by atoms with Crippen LogP contribution in [-0.2, 0) is 32.3 Å². The summed E-state index contributed by atoms with van der Waals surface area (Å²) in [4.78, 5) is 58.9. The van der Waals surface area contributed by atoms with E-state index in [1.807, 2.05) is 42.5 Å². The molecule has 4 heterocycles. The Kier molecular flexibility index (Phi) is 24.1. The molecule has 0 atom stereocenters. The fourth-order valence-electron chi connectivity index (χ4n) is 9.21. The minimum Gasteiger partial charge on any atom is -0.480 e. The number of amides is 2. The number of pyridine rings is 2. The zero-order chi connectivity index (χ0) is 52.2. The number of likely N-dealkylation sites (tertiary alicyclic amines) is 1. The molecule has 2 saturated carbocycles. The van der Waals surface area contributed by atoms with E-state index in [0.29, 0.717) is 53.8 Å². The second kappa shape index (κ2) is 29.8. The SMILES string of the molecule is Cl.Clc1cc(CN2CCNCC2)cc(Oc2ccncc2)c1.O=C(CC1CCC(F)(F)CC1)NCC(=O)C1CCN(Cc2cc(Cl)cc(Oc3ccncc3)c2)CC1.O=C(O)CNC(=O)CC1CCC(F)(F)CC1.